The number of amides is 2. The molecular formula is C40H28N6O4. The van der Waals surface area contributed by atoms with Crippen LogP contribution in [0.15, 0.2) is 146 Å². The van der Waals surface area contributed by atoms with Gasteiger partial charge < -0.3 is 19.4 Å². The van der Waals surface area contributed by atoms with Crippen LogP contribution in [-0.4, -0.2) is 32.1 Å². The lowest BCUT2D eigenvalue weighted by Gasteiger charge is -2.07. The van der Waals surface area contributed by atoms with E-state index < -0.39 is 12.2 Å². The second-order valence-corrected chi connectivity index (χ2v) is 11.4. The van der Waals surface area contributed by atoms with Crippen molar-refractivity contribution in [2.45, 2.75) is 0 Å². The van der Waals surface area contributed by atoms with E-state index in [1.54, 1.807) is 48.5 Å². The van der Waals surface area contributed by atoms with Crippen LogP contribution in [-0.2, 0) is 0 Å². The van der Waals surface area contributed by atoms with Gasteiger partial charge in [0.05, 0.1) is 22.1 Å². The molecule has 10 heteroatoms. The maximum atomic E-state index is 12.3. The molecule has 50 heavy (non-hydrogen) atoms. The van der Waals surface area contributed by atoms with Crippen molar-refractivity contribution in [3.05, 3.63) is 146 Å². The van der Waals surface area contributed by atoms with Crippen LogP contribution < -0.4 is 20.1 Å². The lowest BCUT2D eigenvalue weighted by molar-refractivity contribution is 0.214. The van der Waals surface area contributed by atoms with Crippen molar-refractivity contribution in [2.24, 2.45) is 0 Å². The second-order valence-electron chi connectivity index (χ2n) is 11.4. The minimum atomic E-state index is -0.559. The summed E-state index contributed by atoms with van der Waals surface area (Å²) in [5, 5.41) is 5.49. The molecule has 0 saturated carbocycles. The van der Waals surface area contributed by atoms with Crippen molar-refractivity contribution in [3.8, 4) is 45.4 Å². The van der Waals surface area contributed by atoms with Crippen LogP contribution >= 0.6 is 0 Å². The number of rotatable bonds is 7. The van der Waals surface area contributed by atoms with E-state index in [0.29, 0.717) is 22.9 Å². The van der Waals surface area contributed by atoms with Gasteiger partial charge in [-0.05, 0) is 108 Å². The molecule has 0 saturated heterocycles. The van der Waals surface area contributed by atoms with Gasteiger partial charge >= 0.3 is 12.2 Å². The number of H-pyrrole nitrogens is 2. The molecule has 0 unspecified atom stereocenters. The maximum Gasteiger partial charge on any atom is 0.417 e. The van der Waals surface area contributed by atoms with Crippen molar-refractivity contribution >= 4 is 45.6 Å². The number of hydrogen-bond donors (Lipinski definition) is 4. The number of ether oxygens (including phenoxy) is 2. The lowest BCUT2D eigenvalue weighted by Crippen LogP contribution is -2.16. The van der Waals surface area contributed by atoms with Gasteiger partial charge in [-0.2, -0.15) is 0 Å². The Hall–Kier alpha value is -7.20. The quantitative estimate of drug-likeness (QED) is 0.135. The Morgan fingerprint density at radius 3 is 1.24 bits per heavy atom. The Bertz CT molecular complexity index is 2280. The van der Waals surface area contributed by atoms with E-state index >= 15 is 0 Å². The van der Waals surface area contributed by atoms with E-state index in [-0.39, 0.29) is 0 Å². The molecule has 0 radical (unpaired) electrons. The monoisotopic (exact) mass is 656 g/mol. The van der Waals surface area contributed by atoms with Crippen LogP contribution in [0.25, 0.3) is 56.0 Å². The number of carbonyl (C=O) groups is 2. The van der Waals surface area contributed by atoms with Crippen LogP contribution in [0.4, 0.5) is 21.0 Å². The van der Waals surface area contributed by atoms with Gasteiger partial charge in [0, 0.05) is 22.5 Å². The van der Waals surface area contributed by atoms with E-state index in [9.17, 15) is 9.59 Å². The van der Waals surface area contributed by atoms with Crippen molar-refractivity contribution in [1.82, 2.24) is 19.9 Å². The van der Waals surface area contributed by atoms with E-state index in [1.807, 2.05) is 84.9 Å². The molecule has 0 aliphatic carbocycles. The highest BCUT2D eigenvalue weighted by atomic mass is 16.6. The third-order valence-electron chi connectivity index (χ3n) is 8.02. The summed E-state index contributed by atoms with van der Waals surface area (Å²) in [5.41, 5.74) is 8.48. The normalized spacial score (nSPS) is 11.0. The molecule has 8 aromatic rings. The molecule has 0 spiro atoms. The largest absolute Gasteiger partial charge is 0.417 e. The maximum absolute atomic E-state index is 12.3. The Morgan fingerprint density at radius 2 is 0.840 bits per heavy atom. The number of imidazole rings is 2. The highest BCUT2D eigenvalue weighted by Gasteiger charge is 2.12. The zero-order chi connectivity index (χ0) is 33.9. The first-order valence-electron chi connectivity index (χ1n) is 15.8. The number of anilines is 2. The molecule has 2 heterocycles. The van der Waals surface area contributed by atoms with E-state index in [4.69, 9.17) is 19.4 Å². The van der Waals surface area contributed by atoms with Crippen LogP contribution in [0.1, 0.15) is 0 Å². The zero-order valence-electron chi connectivity index (χ0n) is 26.4. The van der Waals surface area contributed by atoms with Gasteiger partial charge in [-0.15, -0.1) is 0 Å². The summed E-state index contributed by atoms with van der Waals surface area (Å²) in [6.45, 7) is 0. The van der Waals surface area contributed by atoms with Crippen LogP contribution in [0, 0.1) is 0 Å². The topological polar surface area (TPSA) is 134 Å². The highest BCUT2D eigenvalue weighted by Crippen LogP contribution is 2.30. The van der Waals surface area contributed by atoms with Crippen molar-refractivity contribution in [1.29, 1.82) is 0 Å². The van der Waals surface area contributed by atoms with Crippen molar-refractivity contribution in [2.75, 3.05) is 10.6 Å². The molecule has 8 rings (SSSR count). The first-order valence-corrected chi connectivity index (χ1v) is 15.8. The van der Waals surface area contributed by atoms with Gasteiger partial charge in [-0.3, -0.25) is 10.6 Å². The Kier molecular flexibility index (Phi) is 7.92. The number of hydrogen-bond acceptors (Lipinski definition) is 6. The van der Waals surface area contributed by atoms with Gasteiger partial charge in [0.1, 0.15) is 23.1 Å². The number of para-hydroxylation sites is 2. The van der Waals surface area contributed by atoms with E-state index in [0.717, 1.165) is 56.0 Å². The van der Waals surface area contributed by atoms with Crippen LogP contribution in [0.5, 0.6) is 11.5 Å². The Balaban J connectivity index is 0.946. The molecule has 242 valence electrons. The number of carbonyl (C=O) groups excluding carboxylic acids is 2. The molecule has 2 aromatic heterocycles. The molecule has 0 atom stereocenters. The number of aromatic amines is 2. The molecular weight excluding hydrogens is 628 g/mol. The van der Waals surface area contributed by atoms with Gasteiger partial charge in [0.2, 0.25) is 0 Å². The fourth-order valence-corrected chi connectivity index (χ4v) is 5.54. The van der Waals surface area contributed by atoms with Crippen LogP contribution in [0.2, 0.25) is 0 Å². The van der Waals surface area contributed by atoms with Gasteiger partial charge in [0.25, 0.3) is 0 Å². The number of nitrogens with one attached hydrogen (secondary N) is 4. The summed E-state index contributed by atoms with van der Waals surface area (Å²) in [6, 6.07) is 44.9. The molecule has 4 N–H and O–H groups in total. The molecule has 2 amide bonds. The standard InChI is InChI=1S/C40H28N6O4/c47-39(49-31-7-3-1-4-8-31)41-29-17-11-25(12-18-29)37-43-33-21-15-27(23-35(33)45-37)28-16-22-34-36(24-28)46-38(44-34)26-13-19-30(20-14-26)42-40(48)50-32-9-5-2-6-10-32/h1-24H,(H,41,47)(H,42,48)(H,43,45)(H,44,46). The lowest BCUT2D eigenvalue weighted by atomic mass is 10.0. The van der Waals surface area contributed by atoms with Crippen molar-refractivity contribution in [3.63, 3.8) is 0 Å². The minimum Gasteiger partial charge on any atom is -0.410 e. The Morgan fingerprint density at radius 1 is 0.460 bits per heavy atom. The summed E-state index contributed by atoms with van der Waals surface area (Å²) in [6.07, 6.45) is -1.12. The van der Waals surface area contributed by atoms with Crippen molar-refractivity contribution < 1.29 is 19.1 Å². The molecule has 0 aliphatic rings. The number of nitrogens with zero attached hydrogens (tertiary/aromatic N) is 2. The number of fused-ring (bicyclic) bond motifs is 2. The first kappa shape index (κ1) is 30.2. The average Bonchev–Trinajstić information content (AvgIpc) is 3.77. The smallest absolute Gasteiger partial charge is 0.410 e. The summed E-state index contributed by atoms with van der Waals surface area (Å²) < 4.78 is 10.6. The van der Waals surface area contributed by atoms with Crippen LogP contribution in [0.3, 0.4) is 0 Å². The third-order valence-corrected chi connectivity index (χ3v) is 8.02. The zero-order valence-corrected chi connectivity index (χ0v) is 26.4. The average molecular weight is 657 g/mol. The predicted octanol–water partition coefficient (Wildman–Crippen LogP) is 9.66. The number of aromatic nitrogens is 4. The van der Waals surface area contributed by atoms with Gasteiger partial charge in [-0.1, -0.05) is 48.5 Å². The number of benzene rings is 6. The third kappa shape index (κ3) is 6.62. The first-order chi connectivity index (χ1) is 24.5. The summed E-state index contributed by atoms with van der Waals surface area (Å²) in [4.78, 5) is 41.0. The molecule has 10 nitrogen and oxygen atoms in total. The van der Waals surface area contributed by atoms with E-state index in [1.165, 1.54) is 0 Å². The molecule has 0 aliphatic heterocycles. The Labute approximate surface area is 285 Å². The summed E-state index contributed by atoms with van der Waals surface area (Å²) in [7, 11) is 0. The fourth-order valence-electron chi connectivity index (χ4n) is 5.54. The predicted molar refractivity (Wildman–Crippen MR) is 194 cm³/mol. The summed E-state index contributed by atoms with van der Waals surface area (Å²) in [5.74, 6) is 2.38. The molecule has 0 fully saturated rings. The molecule has 0 bridgehead atoms. The summed E-state index contributed by atoms with van der Waals surface area (Å²) >= 11 is 0. The van der Waals surface area contributed by atoms with Gasteiger partial charge in [-0.25, -0.2) is 19.6 Å². The highest BCUT2D eigenvalue weighted by molar-refractivity contribution is 5.90. The van der Waals surface area contributed by atoms with Gasteiger partial charge in [0.15, 0.2) is 0 Å². The molecule has 6 aromatic carbocycles. The fraction of sp³-hybridized carbons (Fsp3) is 0. The van der Waals surface area contributed by atoms with E-state index in [2.05, 4.69) is 32.7 Å². The SMILES string of the molecule is O=C(Nc1ccc(-c2nc3cc(-c4ccc5[nH]c(-c6ccc(NC(=O)Oc7ccccc7)cc6)nc5c4)ccc3[nH]2)cc1)Oc1ccccc1. The minimum absolute atomic E-state index is 0.471. The second kappa shape index (κ2) is 13.1.